The van der Waals surface area contributed by atoms with E-state index < -0.39 is 12.0 Å². The van der Waals surface area contributed by atoms with E-state index in [1.807, 2.05) is 12.1 Å². The number of hydrogen-bond acceptors (Lipinski definition) is 5. The summed E-state index contributed by atoms with van der Waals surface area (Å²) in [4.78, 5) is 14.3. The summed E-state index contributed by atoms with van der Waals surface area (Å²) in [6.45, 7) is 7.15. The summed E-state index contributed by atoms with van der Waals surface area (Å²) in [5.41, 5.74) is 1.68. The van der Waals surface area contributed by atoms with Crippen LogP contribution in [0.3, 0.4) is 0 Å². The number of anilines is 2. The van der Waals surface area contributed by atoms with Crippen molar-refractivity contribution in [2.75, 3.05) is 22.5 Å². The maximum absolute atomic E-state index is 12.7. The van der Waals surface area contributed by atoms with Crippen LogP contribution in [-0.2, 0) is 18.0 Å². The van der Waals surface area contributed by atoms with Gasteiger partial charge in [-0.15, -0.1) is 10.2 Å². The van der Waals surface area contributed by atoms with Gasteiger partial charge in [-0.2, -0.15) is 13.2 Å². The van der Waals surface area contributed by atoms with Crippen molar-refractivity contribution in [2.24, 2.45) is 7.05 Å². The SMILES string of the molecule is CCN(c1ccc(NC(=O)CSc2nnc(C(F)(F)F)n2C)cc1)C(C)C. The number of carbonyl (C=O) groups is 1. The van der Waals surface area contributed by atoms with Gasteiger partial charge in [-0.3, -0.25) is 4.79 Å². The average Bonchev–Trinajstić information content (AvgIpc) is 2.96. The highest BCUT2D eigenvalue weighted by Gasteiger charge is 2.37. The predicted octanol–water partition coefficient (Wildman–Crippen LogP) is 3.80. The number of thioether (sulfide) groups is 1. The van der Waals surface area contributed by atoms with E-state index in [4.69, 9.17) is 0 Å². The summed E-state index contributed by atoms with van der Waals surface area (Å²) in [7, 11) is 1.22. The minimum atomic E-state index is -4.58. The van der Waals surface area contributed by atoms with E-state index in [1.54, 1.807) is 12.1 Å². The number of benzene rings is 1. The van der Waals surface area contributed by atoms with Crippen LogP contribution in [-0.4, -0.2) is 39.0 Å². The second-order valence-corrected chi connectivity index (χ2v) is 7.07. The van der Waals surface area contributed by atoms with Gasteiger partial charge in [-0.05, 0) is 45.0 Å². The fraction of sp³-hybridized carbons (Fsp3) is 0.471. The van der Waals surface area contributed by atoms with Crippen molar-refractivity contribution in [3.63, 3.8) is 0 Å². The van der Waals surface area contributed by atoms with E-state index in [2.05, 4.69) is 41.2 Å². The summed E-state index contributed by atoms with van der Waals surface area (Å²) in [6, 6.07) is 7.80. The molecular weight excluding hydrogens is 379 g/mol. The van der Waals surface area contributed by atoms with E-state index in [9.17, 15) is 18.0 Å². The molecule has 1 aromatic heterocycles. The number of carbonyl (C=O) groups excluding carboxylic acids is 1. The molecule has 0 bridgehead atoms. The topological polar surface area (TPSA) is 63.1 Å². The summed E-state index contributed by atoms with van der Waals surface area (Å²) >= 11 is 0.896. The molecule has 6 nitrogen and oxygen atoms in total. The molecule has 0 fully saturated rings. The molecule has 0 radical (unpaired) electrons. The zero-order valence-electron chi connectivity index (χ0n) is 15.5. The Morgan fingerprint density at radius 2 is 1.89 bits per heavy atom. The molecule has 0 spiro atoms. The van der Waals surface area contributed by atoms with E-state index in [1.165, 1.54) is 7.05 Å². The lowest BCUT2D eigenvalue weighted by Crippen LogP contribution is -2.30. The molecule has 27 heavy (non-hydrogen) atoms. The molecule has 0 atom stereocenters. The van der Waals surface area contributed by atoms with Crippen LogP contribution in [0.2, 0.25) is 0 Å². The number of rotatable bonds is 7. The normalized spacial score (nSPS) is 11.7. The quantitative estimate of drug-likeness (QED) is 0.715. The summed E-state index contributed by atoms with van der Waals surface area (Å²) in [5.74, 6) is -1.49. The van der Waals surface area contributed by atoms with Gasteiger partial charge in [-0.25, -0.2) is 0 Å². The largest absolute Gasteiger partial charge is 0.451 e. The van der Waals surface area contributed by atoms with Crippen LogP contribution < -0.4 is 10.2 Å². The smallest absolute Gasteiger partial charge is 0.369 e. The van der Waals surface area contributed by atoms with E-state index in [-0.39, 0.29) is 16.8 Å². The first-order chi connectivity index (χ1) is 12.6. The molecule has 0 saturated carbocycles. The molecule has 0 aliphatic heterocycles. The van der Waals surface area contributed by atoms with Gasteiger partial charge in [0.15, 0.2) is 5.16 Å². The van der Waals surface area contributed by atoms with Crippen molar-refractivity contribution in [2.45, 2.75) is 38.1 Å². The summed E-state index contributed by atoms with van der Waals surface area (Å²) < 4.78 is 38.9. The van der Waals surface area contributed by atoms with Crippen LogP contribution >= 0.6 is 11.8 Å². The first-order valence-corrected chi connectivity index (χ1v) is 9.38. The number of nitrogens with one attached hydrogen (secondary N) is 1. The highest BCUT2D eigenvalue weighted by atomic mass is 32.2. The molecule has 1 N–H and O–H groups in total. The monoisotopic (exact) mass is 401 g/mol. The molecule has 148 valence electrons. The van der Waals surface area contributed by atoms with E-state index in [0.717, 1.165) is 28.6 Å². The predicted molar refractivity (Wildman–Crippen MR) is 100.0 cm³/mol. The van der Waals surface area contributed by atoms with Gasteiger partial charge < -0.3 is 14.8 Å². The lowest BCUT2D eigenvalue weighted by atomic mass is 10.2. The number of hydrogen-bond donors (Lipinski definition) is 1. The van der Waals surface area contributed by atoms with Crippen LogP contribution in [0.5, 0.6) is 0 Å². The van der Waals surface area contributed by atoms with Crippen LogP contribution in [0.1, 0.15) is 26.6 Å². The first kappa shape index (κ1) is 21.1. The maximum Gasteiger partial charge on any atom is 0.451 e. The van der Waals surface area contributed by atoms with Crippen molar-refractivity contribution in [3.8, 4) is 0 Å². The van der Waals surface area contributed by atoms with Gasteiger partial charge in [0.25, 0.3) is 0 Å². The Kier molecular flexibility index (Phi) is 6.74. The van der Waals surface area contributed by atoms with Gasteiger partial charge in [0.1, 0.15) is 0 Å². The Morgan fingerprint density at radius 1 is 1.26 bits per heavy atom. The second kappa shape index (κ2) is 8.64. The molecule has 0 saturated heterocycles. The third kappa shape index (κ3) is 5.38. The van der Waals surface area contributed by atoms with Gasteiger partial charge in [0.05, 0.1) is 5.75 Å². The van der Waals surface area contributed by atoms with Gasteiger partial charge in [-0.1, -0.05) is 11.8 Å². The molecule has 1 heterocycles. The summed E-state index contributed by atoms with van der Waals surface area (Å²) in [5, 5.41) is 9.37. The minimum Gasteiger partial charge on any atom is -0.369 e. The van der Waals surface area contributed by atoms with Crippen LogP contribution in [0.15, 0.2) is 29.4 Å². The second-order valence-electron chi connectivity index (χ2n) is 6.13. The Bertz CT molecular complexity index is 774. The maximum atomic E-state index is 12.7. The Labute approximate surface area is 160 Å². The molecule has 0 unspecified atom stereocenters. The molecule has 0 aliphatic carbocycles. The zero-order valence-corrected chi connectivity index (χ0v) is 16.4. The Balaban J connectivity index is 1.94. The van der Waals surface area contributed by atoms with Crippen molar-refractivity contribution in [3.05, 3.63) is 30.1 Å². The number of amides is 1. The van der Waals surface area contributed by atoms with Crippen LogP contribution in [0.25, 0.3) is 0 Å². The van der Waals surface area contributed by atoms with Gasteiger partial charge >= 0.3 is 6.18 Å². The van der Waals surface area contributed by atoms with Crippen molar-refractivity contribution in [1.29, 1.82) is 0 Å². The van der Waals surface area contributed by atoms with Crippen molar-refractivity contribution in [1.82, 2.24) is 14.8 Å². The molecule has 1 amide bonds. The number of halogens is 3. The van der Waals surface area contributed by atoms with Crippen molar-refractivity contribution >= 4 is 29.0 Å². The Hall–Kier alpha value is -2.23. The zero-order chi connectivity index (χ0) is 20.2. The summed E-state index contributed by atoms with van der Waals surface area (Å²) in [6.07, 6.45) is -4.58. The third-order valence-corrected chi connectivity index (χ3v) is 4.89. The number of alkyl halides is 3. The average molecular weight is 401 g/mol. The fourth-order valence-corrected chi connectivity index (χ4v) is 3.31. The fourth-order valence-electron chi connectivity index (χ4n) is 2.60. The van der Waals surface area contributed by atoms with Crippen LogP contribution in [0.4, 0.5) is 24.5 Å². The molecule has 10 heteroatoms. The molecule has 2 aromatic rings. The minimum absolute atomic E-state index is 0.0309. The van der Waals surface area contributed by atoms with Gasteiger partial charge in [0.2, 0.25) is 11.7 Å². The molecular formula is C17H22F3N5OS. The number of nitrogens with zero attached hydrogens (tertiary/aromatic N) is 4. The Morgan fingerprint density at radius 3 is 2.37 bits per heavy atom. The van der Waals surface area contributed by atoms with Crippen molar-refractivity contribution < 1.29 is 18.0 Å². The molecule has 2 rings (SSSR count). The highest BCUT2D eigenvalue weighted by Crippen LogP contribution is 2.29. The van der Waals surface area contributed by atoms with E-state index >= 15 is 0 Å². The standard InChI is InChI=1S/C17H22F3N5OS/c1-5-25(11(2)3)13-8-6-12(7-9-13)21-14(26)10-27-16-23-22-15(24(16)4)17(18,19)20/h6-9,11H,5,10H2,1-4H3,(H,21,26). The molecule has 1 aromatic carbocycles. The van der Waals surface area contributed by atoms with E-state index in [0.29, 0.717) is 11.7 Å². The third-order valence-electron chi connectivity index (χ3n) is 3.87. The first-order valence-electron chi connectivity index (χ1n) is 8.39. The highest BCUT2D eigenvalue weighted by molar-refractivity contribution is 7.99. The number of aromatic nitrogens is 3. The lowest BCUT2D eigenvalue weighted by molar-refractivity contribution is -0.147. The molecule has 0 aliphatic rings. The van der Waals surface area contributed by atoms with Crippen LogP contribution in [0, 0.1) is 0 Å². The van der Waals surface area contributed by atoms with Gasteiger partial charge in [0, 0.05) is 31.0 Å². The lowest BCUT2D eigenvalue weighted by Gasteiger charge is -2.27.